The van der Waals surface area contributed by atoms with Crippen molar-refractivity contribution >= 4 is 38.9 Å². The fourth-order valence-electron chi connectivity index (χ4n) is 10.2. The lowest BCUT2D eigenvalue weighted by atomic mass is 9.81. The zero-order valence-corrected chi connectivity index (χ0v) is 36.5. The minimum atomic E-state index is -0.0522. The van der Waals surface area contributed by atoms with Crippen LogP contribution < -0.4 is 4.90 Å². The lowest BCUT2D eigenvalue weighted by Crippen LogP contribution is -2.14. The third-order valence-electron chi connectivity index (χ3n) is 13.6. The molecule has 1 heterocycles. The van der Waals surface area contributed by atoms with E-state index < -0.39 is 0 Å². The van der Waals surface area contributed by atoms with Gasteiger partial charge in [-0.3, -0.25) is 0 Å². The smallest absolute Gasteiger partial charge is 0.0541 e. The van der Waals surface area contributed by atoms with Gasteiger partial charge in [-0.05, 0) is 146 Å². The van der Waals surface area contributed by atoms with Gasteiger partial charge in [-0.15, -0.1) is 0 Å². The van der Waals surface area contributed by atoms with E-state index in [4.69, 9.17) is 0 Å². The Balaban J connectivity index is 0.877. The molecular formula is C63H46N2. The van der Waals surface area contributed by atoms with E-state index in [2.05, 4.69) is 266 Å². The summed E-state index contributed by atoms with van der Waals surface area (Å²) < 4.78 is 2.41. The van der Waals surface area contributed by atoms with Crippen LogP contribution in [-0.2, 0) is 5.41 Å². The minimum absolute atomic E-state index is 0.0522. The number of para-hydroxylation sites is 2. The number of hydrogen-bond acceptors (Lipinski definition) is 1. The molecule has 1 aliphatic carbocycles. The van der Waals surface area contributed by atoms with Gasteiger partial charge >= 0.3 is 0 Å². The van der Waals surface area contributed by atoms with Crippen LogP contribution in [0, 0.1) is 0 Å². The zero-order chi connectivity index (χ0) is 43.5. The first-order valence-corrected chi connectivity index (χ1v) is 22.6. The molecule has 2 heteroatoms. The molecule has 308 valence electrons. The van der Waals surface area contributed by atoms with Crippen molar-refractivity contribution in [1.29, 1.82) is 0 Å². The Bertz CT molecular complexity index is 3510. The van der Waals surface area contributed by atoms with Crippen molar-refractivity contribution in [3.05, 3.63) is 254 Å². The van der Waals surface area contributed by atoms with E-state index in [1.165, 1.54) is 88.6 Å². The monoisotopic (exact) mass is 830 g/mol. The molecule has 0 radical (unpaired) electrons. The van der Waals surface area contributed by atoms with Gasteiger partial charge in [0.05, 0.1) is 11.0 Å². The Morgan fingerprint density at radius 3 is 1.28 bits per heavy atom. The number of hydrogen-bond donors (Lipinski definition) is 0. The Labute approximate surface area is 381 Å². The molecule has 65 heavy (non-hydrogen) atoms. The standard InChI is InChI=1S/C63H46N2/c1-63(2)59-21-13-12-20-55(59)56-37-30-50(42-60(56)63)49-32-39-62-58(41-49)57-40-48(31-38-61(57)65(62)52-18-10-5-11-19-52)47-24-22-44(23-25-47)46-28-35-54(36-29-46)64(51-16-8-4-9-17-51)53-33-26-45(27-34-53)43-14-6-3-7-15-43/h3-42H,1-2H3. The highest BCUT2D eigenvalue weighted by atomic mass is 15.1. The van der Waals surface area contributed by atoms with Crippen molar-refractivity contribution in [2.75, 3.05) is 4.90 Å². The third-order valence-corrected chi connectivity index (χ3v) is 13.6. The summed E-state index contributed by atoms with van der Waals surface area (Å²) in [7, 11) is 0. The molecule has 0 aliphatic heterocycles. The van der Waals surface area contributed by atoms with E-state index in [9.17, 15) is 0 Å². The van der Waals surface area contributed by atoms with E-state index in [-0.39, 0.29) is 5.41 Å². The van der Waals surface area contributed by atoms with Gasteiger partial charge in [-0.25, -0.2) is 0 Å². The quantitative estimate of drug-likeness (QED) is 0.148. The lowest BCUT2D eigenvalue weighted by molar-refractivity contribution is 0.660. The number of aromatic nitrogens is 1. The maximum Gasteiger partial charge on any atom is 0.0541 e. The molecule has 2 nitrogen and oxygen atoms in total. The third kappa shape index (κ3) is 6.65. The van der Waals surface area contributed by atoms with E-state index >= 15 is 0 Å². The molecule has 0 amide bonds. The maximum absolute atomic E-state index is 2.43. The van der Waals surface area contributed by atoms with Crippen LogP contribution in [-0.4, -0.2) is 4.57 Å². The van der Waals surface area contributed by atoms with Crippen LogP contribution in [0.3, 0.4) is 0 Å². The molecule has 0 saturated heterocycles. The molecule has 10 aromatic carbocycles. The van der Waals surface area contributed by atoms with E-state index in [1.54, 1.807) is 0 Å². The van der Waals surface area contributed by atoms with Crippen molar-refractivity contribution in [3.63, 3.8) is 0 Å². The van der Waals surface area contributed by atoms with Gasteiger partial charge in [0.2, 0.25) is 0 Å². The summed E-state index contributed by atoms with van der Waals surface area (Å²) in [4.78, 5) is 2.32. The van der Waals surface area contributed by atoms with Crippen molar-refractivity contribution in [2.45, 2.75) is 19.3 Å². The van der Waals surface area contributed by atoms with Crippen molar-refractivity contribution in [1.82, 2.24) is 4.57 Å². The maximum atomic E-state index is 2.43. The van der Waals surface area contributed by atoms with Gasteiger partial charge in [-0.1, -0.05) is 178 Å². The Morgan fingerprint density at radius 1 is 0.308 bits per heavy atom. The minimum Gasteiger partial charge on any atom is -0.311 e. The molecule has 0 bridgehead atoms. The van der Waals surface area contributed by atoms with E-state index in [0.717, 1.165) is 22.7 Å². The average Bonchev–Trinajstić information content (AvgIpc) is 3.82. The second-order valence-corrected chi connectivity index (χ2v) is 17.8. The molecule has 11 aromatic rings. The summed E-state index contributed by atoms with van der Waals surface area (Å²) in [5.41, 5.74) is 22.0. The predicted octanol–water partition coefficient (Wildman–Crippen LogP) is 17.2. The molecule has 0 N–H and O–H groups in total. The number of nitrogens with zero attached hydrogens (tertiary/aromatic N) is 2. The van der Waals surface area contributed by atoms with Crippen LogP contribution in [0.1, 0.15) is 25.0 Å². The van der Waals surface area contributed by atoms with Gasteiger partial charge in [0, 0.05) is 38.9 Å². The summed E-state index contributed by atoms with van der Waals surface area (Å²) in [6.07, 6.45) is 0. The fraction of sp³-hybridized carbons (Fsp3) is 0.0476. The average molecular weight is 831 g/mol. The van der Waals surface area contributed by atoms with Gasteiger partial charge in [0.25, 0.3) is 0 Å². The summed E-state index contributed by atoms with van der Waals surface area (Å²) in [5, 5.41) is 2.49. The number of rotatable bonds is 8. The Hall–Kier alpha value is -8.20. The van der Waals surface area contributed by atoms with Crippen LogP contribution in [0.25, 0.3) is 83.1 Å². The highest BCUT2D eigenvalue weighted by Gasteiger charge is 2.35. The molecule has 0 unspecified atom stereocenters. The molecule has 12 rings (SSSR count). The molecular weight excluding hydrogens is 785 g/mol. The summed E-state index contributed by atoms with van der Waals surface area (Å²) in [5.74, 6) is 0. The molecule has 0 saturated carbocycles. The normalized spacial score (nSPS) is 12.6. The molecule has 1 aliphatic rings. The van der Waals surface area contributed by atoms with Crippen molar-refractivity contribution < 1.29 is 0 Å². The van der Waals surface area contributed by atoms with Gasteiger partial charge < -0.3 is 9.47 Å². The largest absolute Gasteiger partial charge is 0.311 e. The second kappa shape index (κ2) is 15.6. The molecule has 1 aromatic heterocycles. The highest BCUT2D eigenvalue weighted by Crippen LogP contribution is 2.50. The van der Waals surface area contributed by atoms with Crippen LogP contribution in [0.15, 0.2) is 243 Å². The topological polar surface area (TPSA) is 8.17 Å². The molecule has 0 fully saturated rings. The first-order chi connectivity index (χ1) is 32.0. The van der Waals surface area contributed by atoms with Crippen molar-refractivity contribution in [3.8, 4) is 61.3 Å². The van der Waals surface area contributed by atoms with Gasteiger partial charge in [0.15, 0.2) is 0 Å². The number of anilines is 3. The Kier molecular flexibility index (Phi) is 9.21. The van der Waals surface area contributed by atoms with Gasteiger partial charge in [-0.2, -0.15) is 0 Å². The first kappa shape index (κ1) is 38.5. The van der Waals surface area contributed by atoms with Crippen LogP contribution in [0.4, 0.5) is 17.1 Å². The number of fused-ring (bicyclic) bond motifs is 6. The van der Waals surface area contributed by atoms with E-state index in [0.29, 0.717) is 0 Å². The SMILES string of the molecule is CC1(C)c2ccccc2-c2ccc(-c3ccc4c(c3)c3cc(-c5ccc(-c6ccc(N(c7ccccc7)c7ccc(-c8ccccc8)cc7)cc6)cc5)ccc3n4-c3ccccc3)cc21. The first-order valence-electron chi connectivity index (χ1n) is 22.6. The van der Waals surface area contributed by atoms with Crippen LogP contribution in [0.2, 0.25) is 0 Å². The van der Waals surface area contributed by atoms with Crippen LogP contribution >= 0.6 is 0 Å². The lowest BCUT2D eigenvalue weighted by Gasteiger charge is -2.26. The van der Waals surface area contributed by atoms with E-state index in [1.807, 2.05) is 0 Å². The summed E-state index contributed by atoms with van der Waals surface area (Å²) in [6.45, 7) is 4.71. The van der Waals surface area contributed by atoms with Crippen LogP contribution in [0.5, 0.6) is 0 Å². The Morgan fingerprint density at radius 2 is 0.692 bits per heavy atom. The van der Waals surface area contributed by atoms with Gasteiger partial charge in [0.1, 0.15) is 0 Å². The second-order valence-electron chi connectivity index (χ2n) is 17.8. The van der Waals surface area contributed by atoms with Crippen molar-refractivity contribution in [2.24, 2.45) is 0 Å². The zero-order valence-electron chi connectivity index (χ0n) is 36.5. The molecule has 0 atom stereocenters. The number of benzene rings is 10. The molecule has 0 spiro atoms. The fourth-order valence-corrected chi connectivity index (χ4v) is 10.2. The highest BCUT2D eigenvalue weighted by molar-refractivity contribution is 6.11. The summed E-state index contributed by atoms with van der Waals surface area (Å²) in [6, 6.07) is 88.6. The summed E-state index contributed by atoms with van der Waals surface area (Å²) >= 11 is 0. The predicted molar refractivity (Wildman–Crippen MR) is 275 cm³/mol.